The van der Waals surface area contributed by atoms with Crippen LogP contribution in [0.2, 0.25) is 0 Å². The first kappa shape index (κ1) is 3.11. The molecule has 4 nitrogen and oxygen atoms in total. The average molecular weight is 75.8 g/mol. The molecule has 1 N–H and O–H groups in total. The molecule has 0 amide bonds. The molecule has 1 rings (SSSR count). The van der Waals surface area contributed by atoms with Gasteiger partial charge in [-0.3, -0.25) is 0 Å². The van der Waals surface area contributed by atoms with Gasteiger partial charge in [0.05, 0.1) is 0 Å². The van der Waals surface area contributed by atoms with E-state index in [0.717, 1.165) is 0 Å². The van der Waals surface area contributed by atoms with E-state index in [2.05, 4.69) is 14.6 Å². The quantitative estimate of drug-likeness (QED) is 0.292. The van der Waals surface area contributed by atoms with Crippen molar-refractivity contribution < 1.29 is 19.7 Å². The van der Waals surface area contributed by atoms with E-state index < -0.39 is 7.32 Å². The van der Waals surface area contributed by atoms with Crippen molar-refractivity contribution in [2.24, 2.45) is 0 Å². The van der Waals surface area contributed by atoms with Crippen LogP contribution in [0.3, 0.4) is 0 Å². The van der Waals surface area contributed by atoms with Crippen molar-refractivity contribution in [2.45, 2.75) is 0 Å². The summed E-state index contributed by atoms with van der Waals surface area (Å²) >= 11 is 0. The molecule has 1 aliphatic heterocycles. The third-order valence-electron chi connectivity index (χ3n) is 0.243. The van der Waals surface area contributed by atoms with Gasteiger partial charge >= 0.3 is 7.32 Å². The predicted octanol–water partition coefficient (Wildman–Crippen LogP) is -1.14. The van der Waals surface area contributed by atoms with Crippen LogP contribution < -0.4 is 0 Å². The van der Waals surface area contributed by atoms with E-state index in [4.69, 9.17) is 5.02 Å². The van der Waals surface area contributed by atoms with Crippen LogP contribution >= 0.6 is 0 Å². The summed E-state index contributed by atoms with van der Waals surface area (Å²) in [6, 6.07) is 0. The monoisotopic (exact) mass is 76.0 g/mol. The summed E-state index contributed by atoms with van der Waals surface area (Å²) < 4.78 is 0. The molecule has 1 heterocycles. The Bertz CT molecular complexity index is 30.6. The molecule has 0 aromatic rings. The lowest BCUT2D eigenvalue weighted by atomic mass is 10.3. The largest absolute Gasteiger partial charge is 0.698 e. The molecular weight excluding hydrogens is 74.8 g/mol. The van der Waals surface area contributed by atoms with Gasteiger partial charge in [0.2, 0.25) is 0 Å². The summed E-state index contributed by atoms with van der Waals surface area (Å²) in [6.45, 7) is 0. The summed E-state index contributed by atoms with van der Waals surface area (Å²) in [5.74, 6) is 0. The van der Waals surface area contributed by atoms with Crippen molar-refractivity contribution in [1.82, 2.24) is 0 Å². The Morgan fingerprint density at radius 1 is 1.40 bits per heavy atom. The molecule has 0 bridgehead atoms. The summed E-state index contributed by atoms with van der Waals surface area (Å²) in [6.07, 6.45) is 0. The zero-order valence-electron chi connectivity index (χ0n) is 2.25. The molecule has 5 heavy (non-hydrogen) atoms. The van der Waals surface area contributed by atoms with E-state index in [1.807, 2.05) is 0 Å². The average Bonchev–Trinajstić information content (AvgIpc) is 1.30. The van der Waals surface area contributed by atoms with E-state index >= 15 is 0 Å². The Kier molecular flexibility index (Phi) is 0.588. The lowest BCUT2D eigenvalue weighted by molar-refractivity contribution is -0.521. The van der Waals surface area contributed by atoms with Crippen LogP contribution in [0.4, 0.5) is 0 Å². The van der Waals surface area contributed by atoms with Gasteiger partial charge < -0.3 is 5.02 Å². The maximum absolute atomic E-state index is 7.88. The highest BCUT2D eigenvalue weighted by atomic mass is 17.6. The molecule has 1 fully saturated rings. The normalized spacial score (nSPS) is 22.2. The Morgan fingerprint density at radius 2 is 1.80 bits per heavy atom. The third-order valence-corrected chi connectivity index (χ3v) is 0.243. The van der Waals surface area contributed by atoms with Gasteiger partial charge in [0.1, 0.15) is 0 Å². The highest BCUT2D eigenvalue weighted by Gasteiger charge is 2.29. The van der Waals surface area contributed by atoms with Crippen LogP contribution in [0, 0.1) is 0 Å². The highest BCUT2D eigenvalue weighted by molar-refractivity contribution is 6.35. The topological polar surface area (TPSA) is 47.9 Å². The first-order chi connectivity index (χ1) is 2.39. The number of rotatable bonds is 0. The highest BCUT2D eigenvalue weighted by Crippen LogP contribution is 1.97. The van der Waals surface area contributed by atoms with Crippen LogP contribution in [-0.4, -0.2) is 12.3 Å². The lowest BCUT2D eigenvalue weighted by Gasteiger charge is -2.10. The molecule has 0 saturated carbocycles. The molecule has 0 aromatic heterocycles. The maximum Gasteiger partial charge on any atom is 0.698 e. The first-order valence-corrected chi connectivity index (χ1v) is 1.06. The van der Waals surface area contributed by atoms with Gasteiger partial charge in [-0.15, -0.1) is 0 Å². The molecule has 0 spiro atoms. The van der Waals surface area contributed by atoms with Gasteiger partial charge in [-0.1, -0.05) is 5.04 Å². The molecule has 28 valence electrons. The Balaban J connectivity index is 2.08. The molecule has 0 atom stereocenters. The Labute approximate surface area is 28.3 Å². The number of hydrogen-bond donors (Lipinski definition) is 1. The minimum absolute atomic E-state index is 1.16. The third kappa shape index (κ3) is 0.406. The summed E-state index contributed by atoms with van der Waals surface area (Å²) in [5, 5.41) is 11.5. The smallest absolute Gasteiger partial charge is 0.398 e. The van der Waals surface area contributed by atoms with Gasteiger partial charge in [0, 0.05) is 0 Å². The second-order valence-electron chi connectivity index (χ2n) is 0.568. The second-order valence-corrected chi connectivity index (χ2v) is 0.568. The molecule has 1 aliphatic rings. The molecule has 0 unspecified atom stereocenters. The lowest BCUT2D eigenvalue weighted by Crippen LogP contribution is -2.33. The van der Waals surface area contributed by atoms with E-state index in [-0.39, 0.29) is 0 Å². The molecule has 0 aromatic carbocycles. The molecule has 0 radical (unpaired) electrons. The fourth-order valence-corrected chi connectivity index (χ4v) is 0.0744. The van der Waals surface area contributed by atoms with E-state index in [1.165, 1.54) is 0 Å². The van der Waals surface area contributed by atoms with Crippen molar-refractivity contribution >= 4 is 7.32 Å². The summed E-state index contributed by atoms with van der Waals surface area (Å²) in [5.41, 5.74) is 0. The molecule has 5 heteroatoms. The minimum Gasteiger partial charge on any atom is -0.398 e. The van der Waals surface area contributed by atoms with Crippen LogP contribution in [0.25, 0.3) is 0 Å². The molecular formula is HBO4. The van der Waals surface area contributed by atoms with E-state index in [9.17, 15) is 0 Å². The van der Waals surface area contributed by atoms with Crippen molar-refractivity contribution in [1.29, 1.82) is 0 Å². The van der Waals surface area contributed by atoms with E-state index in [0.29, 0.717) is 0 Å². The standard InChI is InChI=1S/BHO4/c2-1-3-5-4-1/h2H. The number of hydrogen-bond acceptors (Lipinski definition) is 4. The van der Waals surface area contributed by atoms with Gasteiger partial charge in [0.15, 0.2) is 0 Å². The zero-order valence-corrected chi connectivity index (χ0v) is 2.25. The second kappa shape index (κ2) is 0.945. The summed E-state index contributed by atoms with van der Waals surface area (Å²) in [7, 11) is -1.16. The molecule has 1 saturated heterocycles. The zero-order chi connectivity index (χ0) is 3.70. The maximum atomic E-state index is 7.88. The summed E-state index contributed by atoms with van der Waals surface area (Å²) in [4.78, 5) is 7.53. The SMILES string of the molecule is OB1OOO1. The van der Waals surface area contributed by atoms with Crippen molar-refractivity contribution in [2.75, 3.05) is 0 Å². The van der Waals surface area contributed by atoms with Crippen LogP contribution in [-0.2, 0) is 14.6 Å². The first-order valence-electron chi connectivity index (χ1n) is 1.06. The van der Waals surface area contributed by atoms with Gasteiger partial charge in [-0.25, -0.2) is 9.61 Å². The Morgan fingerprint density at radius 3 is 1.80 bits per heavy atom. The van der Waals surface area contributed by atoms with Gasteiger partial charge in [0.25, 0.3) is 0 Å². The van der Waals surface area contributed by atoms with Crippen LogP contribution in [0.5, 0.6) is 0 Å². The van der Waals surface area contributed by atoms with E-state index in [1.54, 1.807) is 0 Å². The minimum atomic E-state index is -1.16. The molecule has 0 aliphatic carbocycles. The van der Waals surface area contributed by atoms with Crippen LogP contribution in [0.15, 0.2) is 0 Å². The van der Waals surface area contributed by atoms with Crippen LogP contribution in [0.1, 0.15) is 0 Å². The van der Waals surface area contributed by atoms with Gasteiger partial charge in [-0.2, -0.15) is 0 Å². The predicted molar refractivity (Wildman–Crippen MR) is 11.2 cm³/mol. The fourth-order valence-electron chi connectivity index (χ4n) is 0.0744. The Hall–Kier alpha value is -0.0951. The van der Waals surface area contributed by atoms with Crippen molar-refractivity contribution in [3.63, 3.8) is 0 Å². The van der Waals surface area contributed by atoms with Crippen molar-refractivity contribution in [3.8, 4) is 0 Å². The fraction of sp³-hybridized carbons (Fsp3) is 0. The van der Waals surface area contributed by atoms with Crippen molar-refractivity contribution in [3.05, 3.63) is 0 Å². The van der Waals surface area contributed by atoms with Gasteiger partial charge in [-0.05, 0) is 0 Å².